The van der Waals surface area contributed by atoms with Gasteiger partial charge >= 0.3 is 6.18 Å². The Morgan fingerprint density at radius 1 is 0.875 bits per heavy atom. The molecule has 0 radical (unpaired) electrons. The van der Waals surface area contributed by atoms with Crippen LogP contribution in [-0.2, 0) is 6.18 Å². The molecule has 5 rings (SSSR count). The van der Waals surface area contributed by atoms with E-state index in [4.69, 9.17) is 4.74 Å². The Kier molecular flexibility index (Phi) is 7.78. The molecule has 1 saturated heterocycles. The number of fused-ring (bicyclic) bond motifs is 1. The van der Waals surface area contributed by atoms with E-state index in [1.807, 2.05) is 18.2 Å². The number of halogens is 3. The third kappa shape index (κ3) is 5.81. The topological polar surface area (TPSA) is 87.7 Å². The molecule has 2 amide bonds. The van der Waals surface area contributed by atoms with Crippen LogP contribution < -0.4 is 9.46 Å². The van der Waals surface area contributed by atoms with Gasteiger partial charge in [-0.3, -0.25) is 14.6 Å². The van der Waals surface area contributed by atoms with Crippen molar-refractivity contribution in [2.24, 2.45) is 0 Å². The third-order valence-electron chi connectivity index (χ3n) is 6.48. The summed E-state index contributed by atoms with van der Waals surface area (Å²) >= 11 is 1.02. The molecule has 3 heterocycles. The Morgan fingerprint density at radius 3 is 2.23 bits per heavy atom. The van der Waals surface area contributed by atoms with E-state index in [1.165, 1.54) is 36.4 Å². The molecule has 8 nitrogen and oxygen atoms in total. The number of carbonyl (C=O) groups excluding carboxylic acids is 2. The Balaban J connectivity index is 1.28. The molecule has 0 spiro atoms. The van der Waals surface area contributed by atoms with Crippen molar-refractivity contribution in [3.05, 3.63) is 89.7 Å². The second kappa shape index (κ2) is 11.4. The molecule has 1 aliphatic heterocycles. The molecule has 0 aliphatic carbocycles. The number of hydrogen-bond donors (Lipinski definition) is 1. The number of carbonyl (C=O) groups is 2. The minimum atomic E-state index is -4.69. The normalized spacial score (nSPS) is 13.8. The summed E-state index contributed by atoms with van der Waals surface area (Å²) in [6.07, 6.45) is -1.59. The van der Waals surface area contributed by atoms with Crippen LogP contribution in [0.2, 0.25) is 0 Å². The minimum Gasteiger partial charge on any atom is -0.481 e. The molecule has 2 aromatic carbocycles. The Morgan fingerprint density at radius 2 is 1.55 bits per heavy atom. The number of methoxy groups -OCH3 is 1. The largest absolute Gasteiger partial charge is 0.481 e. The number of hydrogen-bond acceptors (Lipinski definition) is 7. The van der Waals surface area contributed by atoms with Gasteiger partial charge < -0.3 is 19.3 Å². The van der Waals surface area contributed by atoms with Crippen molar-refractivity contribution in [1.29, 1.82) is 0 Å². The maximum atomic E-state index is 14.0. The van der Waals surface area contributed by atoms with Gasteiger partial charge in [-0.2, -0.15) is 13.2 Å². The van der Waals surface area contributed by atoms with Gasteiger partial charge in [0, 0.05) is 61.2 Å². The van der Waals surface area contributed by atoms with Crippen molar-refractivity contribution in [2.45, 2.75) is 11.1 Å². The SMILES string of the molecule is COc1cc(C(=O)N2CCN(C(=O)c3ccc(NSc4cccc5cccnc45)c(C(F)(F)F)c3)CC2)ccn1. The van der Waals surface area contributed by atoms with Crippen molar-refractivity contribution >= 4 is 40.4 Å². The van der Waals surface area contributed by atoms with Crippen LogP contribution in [0.5, 0.6) is 5.88 Å². The summed E-state index contributed by atoms with van der Waals surface area (Å²) in [5, 5.41) is 0.869. The van der Waals surface area contributed by atoms with E-state index in [-0.39, 0.29) is 43.3 Å². The molecule has 1 aliphatic rings. The smallest absolute Gasteiger partial charge is 0.418 e. The van der Waals surface area contributed by atoms with Gasteiger partial charge in [0.2, 0.25) is 5.88 Å². The molecule has 12 heteroatoms. The van der Waals surface area contributed by atoms with E-state index in [1.54, 1.807) is 29.3 Å². The first kappa shape index (κ1) is 27.3. The first-order valence-corrected chi connectivity index (χ1v) is 13.1. The lowest BCUT2D eigenvalue weighted by atomic mass is 10.1. The van der Waals surface area contributed by atoms with E-state index >= 15 is 0 Å². The minimum absolute atomic E-state index is 0.0756. The predicted octanol–water partition coefficient (Wildman–Crippen LogP) is 5.37. The van der Waals surface area contributed by atoms with Gasteiger partial charge in [-0.05, 0) is 48.3 Å². The predicted molar refractivity (Wildman–Crippen MR) is 145 cm³/mol. The fraction of sp³-hybridized carbons (Fsp3) is 0.214. The van der Waals surface area contributed by atoms with Gasteiger partial charge in [-0.25, -0.2) is 4.98 Å². The van der Waals surface area contributed by atoms with Gasteiger partial charge in [0.1, 0.15) is 0 Å². The lowest BCUT2D eigenvalue weighted by molar-refractivity contribution is -0.136. The van der Waals surface area contributed by atoms with E-state index in [2.05, 4.69) is 14.7 Å². The zero-order valence-corrected chi connectivity index (χ0v) is 22.1. The van der Waals surface area contributed by atoms with Crippen LogP contribution in [0, 0.1) is 0 Å². The summed E-state index contributed by atoms with van der Waals surface area (Å²) in [5.74, 6) is -0.452. The molecule has 0 saturated carbocycles. The van der Waals surface area contributed by atoms with Gasteiger partial charge in [0.05, 0.1) is 28.8 Å². The fourth-order valence-electron chi connectivity index (χ4n) is 4.40. The van der Waals surface area contributed by atoms with Crippen molar-refractivity contribution in [3.8, 4) is 5.88 Å². The number of benzene rings is 2. The quantitative estimate of drug-likeness (QED) is 0.313. The number of aromatic nitrogens is 2. The molecule has 2 aromatic heterocycles. The summed E-state index contributed by atoms with van der Waals surface area (Å²) < 4.78 is 49.9. The number of ether oxygens (including phenoxy) is 1. The Bertz CT molecular complexity index is 1550. The number of nitrogens with one attached hydrogen (secondary N) is 1. The van der Waals surface area contributed by atoms with Crippen LogP contribution in [0.1, 0.15) is 26.3 Å². The number of anilines is 1. The number of rotatable bonds is 6. The molecule has 1 N–H and O–H groups in total. The van der Waals surface area contributed by atoms with Crippen LogP contribution in [0.15, 0.2) is 78.0 Å². The number of para-hydroxylation sites is 1. The molecule has 206 valence electrons. The summed E-state index contributed by atoms with van der Waals surface area (Å²) in [6, 6.07) is 15.7. The van der Waals surface area contributed by atoms with Crippen molar-refractivity contribution in [3.63, 3.8) is 0 Å². The maximum absolute atomic E-state index is 14.0. The summed E-state index contributed by atoms with van der Waals surface area (Å²) in [7, 11) is 1.45. The maximum Gasteiger partial charge on any atom is 0.418 e. The van der Waals surface area contributed by atoms with Crippen LogP contribution in [0.25, 0.3) is 10.9 Å². The molecular weight excluding hydrogens is 543 g/mol. The molecule has 0 bridgehead atoms. The molecule has 0 atom stereocenters. The van der Waals surface area contributed by atoms with Crippen LogP contribution >= 0.6 is 11.9 Å². The summed E-state index contributed by atoms with van der Waals surface area (Å²) in [4.78, 5) is 38.0. The number of piperazine rings is 1. The fourth-order valence-corrected chi connectivity index (χ4v) is 5.21. The van der Waals surface area contributed by atoms with Crippen LogP contribution in [0.4, 0.5) is 18.9 Å². The molecular formula is C28H24F3N5O3S. The van der Waals surface area contributed by atoms with Crippen LogP contribution in [0.3, 0.4) is 0 Å². The van der Waals surface area contributed by atoms with Gasteiger partial charge in [-0.15, -0.1) is 0 Å². The first-order valence-electron chi connectivity index (χ1n) is 12.3. The van der Waals surface area contributed by atoms with Gasteiger partial charge in [-0.1, -0.05) is 18.2 Å². The molecule has 4 aromatic rings. The lowest BCUT2D eigenvalue weighted by Gasteiger charge is -2.35. The average molecular weight is 568 g/mol. The highest BCUT2D eigenvalue weighted by molar-refractivity contribution is 8.00. The van der Waals surface area contributed by atoms with Crippen molar-refractivity contribution in [2.75, 3.05) is 38.0 Å². The third-order valence-corrected chi connectivity index (χ3v) is 7.35. The molecule has 1 fully saturated rings. The van der Waals surface area contributed by atoms with Gasteiger partial charge in [0.25, 0.3) is 11.8 Å². The van der Waals surface area contributed by atoms with Crippen molar-refractivity contribution < 1.29 is 27.5 Å². The zero-order valence-electron chi connectivity index (χ0n) is 21.3. The monoisotopic (exact) mass is 567 g/mol. The molecule has 0 unspecified atom stereocenters. The van der Waals surface area contributed by atoms with Gasteiger partial charge in [0.15, 0.2) is 0 Å². The van der Waals surface area contributed by atoms with E-state index in [0.717, 1.165) is 23.4 Å². The number of pyridine rings is 2. The first-order chi connectivity index (χ1) is 19.2. The van der Waals surface area contributed by atoms with E-state index < -0.39 is 17.6 Å². The Labute approximate surface area is 232 Å². The van der Waals surface area contributed by atoms with E-state index in [9.17, 15) is 22.8 Å². The molecule has 40 heavy (non-hydrogen) atoms. The van der Waals surface area contributed by atoms with E-state index in [0.29, 0.717) is 21.9 Å². The van der Waals surface area contributed by atoms with Crippen molar-refractivity contribution in [1.82, 2.24) is 19.8 Å². The highest BCUT2D eigenvalue weighted by Gasteiger charge is 2.35. The second-order valence-electron chi connectivity index (χ2n) is 8.96. The summed E-state index contributed by atoms with van der Waals surface area (Å²) in [5.41, 5.74) is -0.108. The number of amides is 2. The average Bonchev–Trinajstić information content (AvgIpc) is 2.99. The standard InChI is InChI=1S/C28H24F3N5O3S/c1-39-24-17-20(9-11-32-24)27(38)36-14-12-35(13-15-36)26(37)19-7-8-22(21(16-19)28(29,30)31)34-40-23-6-2-4-18-5-3-10-33-25(18)23/h2-11,16-17,34H,12-15H2,1H3. The second-order valence-corrected chi connectivity index (χ2v) is 9.81. The highest BCUT2D eigenvalue weighted by Crippen LogP contribution is 2.38. The zero-order chi connectivity index (χ0) is 28.3. The Hall–Kier alpha value is -4.32. The highest BCUT2D eigenvalue weighted by atomic mass is 32.2. The van der Waals surface area contributed by atoms with Crippen LogP contribution in [-0.4, -0.2) is 64.9 Å². The summed E-state index contributed by atoms with van der Waals surface area (Å²) in [6.45, 7) is 0.879. The number of nitrogens with zero attached hydrogens (tertiary/aromatic N) is 4. The lowest BCUT2D eigenvalue weighted by Crippen LogP contribution is -2.50. The number of alkyl halides is 3.